The van der Waals surface area contributed by atoms with E-state index in [1.807, 2.05) is 0 Å². The topological polar surface area (TPSA) is 56.0 Å². The first kappa shape index (κ1) is 11.0. The quantitative estimate of drug-likeness (QED) is 0.791. The standard InChI is InChI=1S/C8H7ClF2N2O/c9-7(14)5-1-4(2-12)13-3-6(5)8(10)11/h1,3,8H,2,12H2. The average Bonchev–Trinajstić information content (AvgIpc) is 2.16. The molecule has 1 aromatic heterocycles. The van der Waals surface area contributed by atoms with Crippen molar-refractivity contribution in [1.82, 2.24) is 4.98 Å². The number of hydrogen-bond donors (Lipinski definition) is 1. The Labute approximate surface area is 83.9 Å². The van der Waals surface area contributed by atoms with Gasteiger partial charge in [-0.05, 0) is 17.7 Å². The highest BCUT2D eigenvalue weighted by atomic mass is 35.5. The minimum absolute atomic E-state index is 0.0701. The smallest absolute Gasteiger partial charge is 0.266 e. The molecule has 0 aromatic carbocycles. The molecular weight excluding hydrogens is 214 g/mol. The van der Waals surface area contributed by atoms with Crippen molar-refractivity contribution < 1.29 is 13.6 Å². The molecule has 2 N–H and O–H groups in total. The summed E-state index contributed by atoms with van der Waals surface area (Å²) in [5.41, 5.74) is 4.88. The monoisotopic (exact) mass is 220 g/mol. The molecule has 0 aliphatic rings. The van der Waals surface area contributed by atoms with Gasteiger partial charge in [-0.3, -0.25) is 9.78 Å². The van der Waals surface area contributed by atoms with Crippen molar-refractivity contribution in [1.29, 1.82) is 0 Å². The molecule has 0 fully saturated rings. The zero-order chi connectivity index (χ0) is 10.7. The maximum atomic E-state index is 12.3. The second kappa shape index (κ2) is 4.43. The molecule has 0 saturated carbocycles. The van der Waals surface area contributed by atoms with E-state index in [2.05, 4.69) is 4.98 Å². The zero-order valence-corrected chi connectivity index (χ0v) is 7.76. The Hall–Kier alpha value is -1.07. The summed E-state index contributed by atoms with van der Waals surface area (Å²) in [6.45, 7) is 0.0701. The number of carbonyl (C=O) groups is 1. The molecule has 0 atom stereocenters. The fourth-order valence-electron chi connectivity index (χ4n) is 0.965. The lowest BCUT2D eigenvalue weighted by atomic mass is 10.1. The van der Waals surface area contributed by atoms with E-state index in [-0.39, 0.29) is 12.1 Å². The Morgan fingerprint density at radius 3 is 2.71 bits per heavy atom. The van der Waals surface area contributed by atoms with Crippen molar-refractivity contribution in [3.05, 3.63) is 29.1 Å². The van der Waals surface area contributed by atoms with E-state index in [4.69, 9.17) is 17.3 Å². The minimum Gasteiger partial charge on any atom is -0.325 e. The first-order valence-electron chi connectivity index (χ1n) is 3.73. The van der Waals surface area contributed by atoms with Crippen LogP contribution in [0.2, 0.25) is 0 Å². The van der Waals surface area contributed by atoms with Crippen LogP contribution in [0.5, 0.6) is 0 Å². The summed E-state index contributed by atoms with van der Waals surface area (Å²) in [4.78, 5) is 14.4. The van der Waals surface area contributed by atoms with Gasteiger partial charge in [0.1, 0.15) is 0 Å². The molecule has 0 saturated heterocycles. The molecule has 0 bridgehead atoms. The maximum Gasteiger partial charge on any atom is 0.266 e. The summed E-state index contributed by atoms with van der Waals surface area (Å²) in [7, 11) is 0. The predicted molar refractivity (Wildman–Crippen MR) is 47.3 cm³/mol. The number of aromatic nitrogens is 1. The van der Waals surface area contributed by atoms with Crippen molar-refractivity contribution in [2.75, 3.05) is 0 Å². The number of alkyl halides is 2. The number of nitrogens with two attached hydrogens (primary N) is 1. The fourth-order valence-corrected chi connectivity index (χ4v) is 1.13. The molecule has 0 radical (unpaired) electrons. The molecule has 0 unspecified atom stereocenters. The van der Waals surface area contributed by atoms with Crippen LogP contribution in [0.25, 0.3) is 0 Å². The summed E-state index contributed by atoms with van der Waals surface area (Å²) >= 11 is 5.14. The molecular formula is C8H7ClF2N2O. The summed E-state index contributed by atoms with van der Waals surface area (Å²) in [6.07, 6.45) is -1.85. The van der Waals surface area contributed by atoms with Crippen LogP contribution in [0.4, 0.5) is 8.78 Å². The minimum atomic E-state index is -2.77. The van der Waals surface area contributed by atoms with Gasteiger partial charge in [0.2, 0.25) is 0 Å². The van der Waals surface area contributed by atoms with Gasteiger partial charge < -0.3 is 5.73 Å². The van der Waals surface area contributed by atoms with E-state index in [9.17, 15) is 13.6 Å². The van der Waals surface area contributed by atoms with E-state index >= 15 is 0 Å². The van der Waals surface area contributed by atoms with Crippen LogP contribution >= 0.6 is 11.6 Å². The van der Waals surface area contributed by atoms with Crippen LogP contribution in [0.3, 0.4) is 0 Å². The first-order valence-corrected chi connectivity index (χ1v) is 4.11. The van der Waals surface area contributed by atoms with Gasteiger partial charge in [0.05, 0.1) is 5.69 Å². The van der Waals surface area contributed by atoms with E-state index in [1.54, 1.807) is 0 Å². The van der Waals surface area contributed by atoms with Gasteiger partial charge in [0.15, 0.2) is 0 Å². The summed E-state index contributed by atoms with van der Waals surface area (Å²) in [5.74, 6) is 0. The Kier molecular flexibility index (Phi) is 3.49. The number of carbonyl (C=O) groups excluding carboxylic acids is 1. The molecule has 0 aliphatic carbocycles. The zero-order valence-electron chi connectivity index (χ0n) is 7.01. The van der Waals surface area contributed by atoms with Crippen molar-refractivity contribution >= 4 is 16.8 Å². The normalized spacial score (nSPS) is 10.6. The van der Waals surface area contributed by atoms with Gasteiger partial charge in [-0.2, -0.15) is 0 Å². The molecule has 14 heavy (non-hydrogen) atoms. The number of pyridine rings is 1. The Balaban J connectivity index is 3.24. The molecule has 0 amide bonds. The van der Waals surface area contributed by atoms with Crippen molar-refractivity contribution in [2.24, 2.45) is 5.73 Å². The summed E-state index contributed by atoms with van der Waals surface area (Å²) < 4.78 is 24.7. The summed E-state index contributed by atoms with van der Waals surface area (Å²) in [5, 5.41) is -0.933. The molecule has 1 rings (SSSR count). The van der Waals surface area contributed by atoms with Crippen LogP contribution in [-0.2, 0) is 6.54 Å². The van der Waals surface area contributed by atoms with Crippen LogP contribution in [0, 0.1) is 0 Å². The highest BCUT2D eigenvalue weighted by molar-refractivity contribution is 6.67. The lowest BCUT2D eigenvalue weighted by Crippen LogP contribution is -2.05. The van der Waals surface area contributed by atoms with Crippen molar-refractivity contribution in [2.45, 2.75) is 13.0 Å². The molecule has 1 aromatic rings. The second-order valence-electron chi connectivity index (χ2n) is 2.54. The Bertz CT molecular complexity index is 357. The van der Waals surface area contributed by atoms with E-state index in [0.717, 1.165) is 6.20 Å². The fraction of sp³-hybridized carbons (Fsp3) is 0.250. The van der Waals surface area contributed by atoms with E-state index in [0.29, 0.717) is 5.69 Å². The second-order valence-corrected chi connectivity index (χ2v) is 2.88. The SMILES string of the molecule is NCc1cc(C(=O)Cl)c(C(F)F)cn1. The predicted octanol–water partition coefficient (Wildman–Crippen LogP) is 1.86. The van der Waals surface area contributed by atoms with Crippen molar-refractivity contribution in [3.8, 4) is 0 Å². The molecule has 0 aliphatic heterocycles. The maximum absolute atomic E-state index is 12.3. The van der Waals surface area contributed by atoms with Crippen LogP contribution in [0.1, 0.15) is 28.0 Å². The third-order valence-electron chi connectivity index (χ3n) is 1.65. The van der Waals surface area contributed by atoms with Gasteiger partial charge in [0, 0.05) is 23.9 Å². The van der Waals surface area contributed by atoms with Gasteiger partial charge in [0.25, 0.3) is 11.7 Å². The number of hydrogen-bond acceptors (Lipinski definition) is 3. The highest BCUT2D eigenvalue weighted by Gasteiger charge is 2.17. The van der Waals surface area contributed by atoms with Gasteiger partial charge in [-0.25, -0.2) is 8.78 Å². The third-order valence-corrected chi connectivity index (χ3v) is 1.85. The molecule has 3 nitrogen and oxygen atoms in total. The molecule has 1 heterocycles. The Morgan fingerprint density at radius 1 is 1.64 bits per heavy atom. The largest absolute Gasteiger partial charge is 0.325 e. The lowest BCUT2D eigenvalue weighted by Gasteiger charge is -2.05. The lowest BCUT2D eigenvalue weighted by molar-refractivity contribution is 0.106. The average molecular weight is 221 g/mol. The van der Waals surface area contributed by atoms with Crippen molar-refractivity contribution in [3.63, 3.8) is 0 Å². The third kappa shape index (κ3) is 2.24. The molecule has 0 spiro atoms. The van der Waals surface area contributed by atoms with E-state index in [1.165, 1.54) is 6.07 Å². The first-order chi connectivity index (χ1) is 6.56. The number of rotatable bonds is 3. The molecule has 76 valence electrons. The number of halogens is 3. The van der Waals surface area contributed by atoms with E-state index < -0.39 is 17.2 Å². The molecule has 6 heteroatoms. The van der Waals surface area contributed by atoms with Crippen LogP contribution in [-0.4, -0.2) is 10.2 Å². The van der Waals surface area contributed by atoms with Gasteiger partial charge in [-0.15, -0.1) is 0 Å². The van der Waals surface area contributed by atoms with Gasteiger partial charge >= 0.3 is 0 Å². The highest BCUT2D eigenvalue weighted by Crippen LogP contribution is 2.23. The van der Waals surface area contributed by atoms with Gasteiger partial charge in [-0.1, -0.05) is 0 Å². The van der Waals surface area contributed by atoms with Crippen LogP contribution in [0.15, 0.2) is 12.3 Å². The number of nitrogens with zero attached hydrogens (tertiary/aromatic N) is 1. The summed E-state index contributed by atoms with van der Waals surface area (Å²) in [6, 6.07) is 1.18. The van der Waals surface area contributed by atoms with Crippen LogP contribution < -0.4 is 5.73 Å². The Morgan fingerprint density at radius 2 is 2.29 bits per heavy atom.